The molecule has 2 heterocycles. The Labute approximate surface area is 117 Å². The second-order valence-corrected chi connectivity index (χ2v) is 6.37. The van der Waals surface area contributed by atoms with Crippen molar-refractivity contribution in [2.24, 2.45) is 5.73 Å². The summed E-state index contributed by atoms with van der Waals surface area (Å²) < 4.78 is 0. The minimum Gasteiger partial charge on any atom is -0.396 e. The first-order valence-electron chi connectivity index (χ1n) is 5.15. The summed E-state index contributed by atoms with van der Waals surface area (Å²) in [7, 11) is 0. The first kappa shape index (κ1) is 13.3. The number of carbonyl (C=O) groups is 1. The fourth-order valence-electron chi connectivity index (χ4n) is 1.51. The number of anilines is 2. The number of rotatable bonds is 5. The average Bonchev–Trinajstić information content (AvgIpc) is 2.93. The Morgan fingerprint density at radius 2 is 2.33 bits per heavy atom. The van der Waals surface area contributed by atoms with Crippen molar-refractivity contribution in [3.05, 3.63) is 27.3 Å². The SMILES string of the molecule is CSc1c(NCc2cccs2)sc(C(N)=O)c1N. The van der Waals surface area contributed by atoms with E-state index >= 15 is 0 Å². The molecule has 0 atom stereocenters. The summed E-state index contributed by atoms with van der Waals surface area (Å²) in [6.45, 7) is 0.726. The highest BCUT2D eigenvalue weighted by Crippen LogP contribution is 2.41. The Balaban J connectivity index is 2.21. The van der Waals surface area contributed by atoms with Gasteiger partial charge in [0.1, 0.15) is 9.88 Å². The quantitative estimate of drug-likeness (QED) is 0.742. The summed E-state index contributed by atoms with van der Waals surface area (Å²) in [6.07, 6.45) is 1.93. The van der Waals surface area contributed by atoms with Crippen LogP contribution in [0.15, 0.2) is 22.4 Å². The molecular weight excluding hydrogens is 286 g/mol. The van der Waals surface area contributed by atoms with Crippen LogP contribution >= 0.6 is 34.4 Å². The third-order valence-electron chi connectivity index (χ3n) is 2.33. The van der Waals surface area contributed by atoms with E-state index in [9.17, 15) is 4.79 Å². The highest BCUT2D eigenvalue weighted by molar-refractivity contribution is 7.99. The van der Waals surface area contributed by atoms with Gasteiger partial charge in [0.05, 0.1) is 17.1 Å². The summed E-state index contributed by atoms with van der Waals surface area (Å²) in [4.78, 5) is 13.8. The Morgan fingerprint density at radius 1 is 1.56 bits per heavy atom. The van der Waals surface area contributed by atoms with Crippen LogP contribution in [0, 0.1) is 0 Å². The van der Waals surface area contributed by atoms with Crippen LogP contribution in [0.3, 0.4) is 0 Å². The van der Waals surface area contributed by atoms with Crippen molar-refractivity contribution >= 4 is 51.0 Å². The van der Waals surface area contributed by atoms with Gasteiger partial charge in [0.15, 0.2) is 0 Å². The number of amides is 1. The van der Waals surface area contributed by atoms with E-state index in [-0.39, 0.29) is 0 Å². The van der Waals surface area contributed by atoms with E-state index in [2.05, 4.69) is 11.4 Å². The van der Waals surface area contributed by atoms with Gasteiger partial charge in [-0.2, -0.15) is 0 Å². The average molecular weight is 299 g/mol. The van der Waals surface area contributed by atoms with Gasteiger partial charge in [-0.3, -0.25) is 4.79 Å². The maximum atomic E-state index is 11.3. The number of thiophene rings is 2. The van der Waals surface area contributed by atoms with Crippen LogP contribution in [0.4, 0.5) is 10.7 Å². The van der Waals surface area contributed by atoms with Gasteiger partial charge in [-0.05, 0) is 17.7 Å². The van der Waals surface area contributed by atoms with E-state index < -0.39 is 5.91 Å². The van der Waals surface area contributed by atoms with Crippen LogP contribution < -0.4 is 16.8 Å². The molecule has 0 radical (unpaired) electrons. The molecule has 2 aromatic heterocycles. The summed E-state index contributed by atoms with van der Waals surface area (Å²) in [5.41, 5.74) is 11.7. The molecule has 0 saturated carbocycles. The van der Waals surface area contributed by atoms with Gasteiger partial charge in [0.2, 0.25) is 0 Å². The lowest BCUT2D eigenvalue weighted by Crippen LogP contribution is -2.10. The zero-order valence-electron chi connectivity index (χ0n) is 9.73. The van der Waals surface area contributed by atoms with Crippen molar-refractivity contribution in [3.63, 3.8) is 0 Å². The summed E-state index contributed by atoms with van der Waals surface area (Å²) in [6, 6.07) is 4.07. The van der Waals surface area contributed by atoms with Crippen molar-refractivity contribution in [1.82, 2.24) is 0 Å². The Bertz CT molecular complexity index is 548. The van der Waals surface area contributed by atoms with Crippen molar-refractivity contribution < 1.29 is 4.79 Å². The van der Waals surface area contributed by atoms with E-state index in [4.69, 9.17) is 11.5 Å². The number of nitrogen functional groups attached to an aromatic ring is 1. The minimum atomic E-state index is -0.475. The fourth-order valence-corrected chi connectivity index (χ4v) is 4.04. The molecule has 1 amide bonds. The minimum absolute atomic E-state index is 0.424. The number of primary amides is 1. The molecule has 0 spiro atoms. The predicted octanol–water partition coefficient (Wildman–Crippen LogP) is 2.82. The number of hydrogen-bond donors (Lipinski definition) is 3. The van der Waals surface area contributed by atoms with E-state index in [0.717, 1.165) is 16.4 Å². The second kappa shape index (κ2) is 5.64. The molecule has 0 unspecified atom stereocenters. The Kier molecular flexibility index (Phi) is 4.15. The lowest BCUT2D eigenvalue weighted by Gasteiger charge is -2.04. The summed E-state index contributed by atoms with van der Waals surface area (Å²) in [5.74, 6) is -0.475. The van der Waals surface area contributed by atoms with Crippen LogP contribution in [0.2, 0.25) is 0 Å². The van der Waals surface area contributed by atoms with Crippen LogP contribution in [0.5, 0.6) is 0 Å². The van der Waals surface area contributed by atoms with E-state index in [1.54, 1.807) is 11.3 Å². The largest absolute Gasteiger partial charge is 0.396 e. The molecule has 18 heavy (non-hydrogen) atoms. The number of thioether (sulfide) groups is 1. The molecule has 7 heteroatoms. The topological polar surface area (TPSA) is 81.1 Å². The highest BCUT2D eigenvalue weighted by atomic mass is 32.2. The van der Waals surface area contributed by atoms with Crippen molar-refractivity contribution in [3.8, 4) is 0 Å². The zero-order valence-corrected chi connectivity index (χ0v) is 12.2. The van der Waals surface area contributed by atoms with Gasteiger partial charge in [0, 0.05) is 4.88 Å². The number of hydrogen-bond acceptors (Lipinski definition) is 6. The lowest BCUT2D eigenvalue weighted by atomic mass is 10.4. The van der Waals surface area contributed by atoms with Crippen LogP contribution in [-0.2, 0) is 6.54 Å². The maximum Gasteiger partial charge on any atom is 0.261 e. The molecular formula is C11H13N3OS3. The monoisotopic (exact) mass is 299 g/mol. The van der Waals surface area contributed by atoms with Crippen LogP contribution in [0.25, 0.3) is 0 Å². The molecule has 5 N–H and O–H groups in total. The molecule has 0 aliphatic rings. The van der Waals surface area contributed by atoms with Crippen molar-refractivity contribution in [1.29, 1.82) is 0 Å². The van der Waals surface area contributed by atoms with E-state index in [1.165, 1.54) is 28.0 Å². The third kappa shape index (κ3) is 2.63. The molecule has 0 saturated heterocycles. The number of nitrogens with one attached hydrogen (secondary N) is 1. The summed E-state index contributed by atoms with van der Waals surface area (Å²) >= 11 is 4.52. The lowest BCUT2D eigenvalue weighted by molar-refractivity contribution is 0.100. The molecule has 2 rings (SSSR count). The first-order chi connectivity index (χ1) is 8.63. The van der Waals surface area contributed by atoms with Gasteiger partial charge in [-0.15, -0.1) is 34.4 Å². The van der Waals surface area contributed by atoms with Gasteiger partial charge in [-0.1, -0.05) is 6.07 Å². The van der Waals surface area contributed by atoms with Gasteiger partial charge >= 0.3 is 0 Å². The summed E-state index contributed by atoms with van der Waals surface area (Å²) in [5, 5.41) is 6.24. The van der Waals surface area contributed by atoms with Gasteiger partial charge < -0.3 is 16.8 Å². The maximum absolute atomic E-state index is 11.3. The molecule has 96 valence electrons. The standard InChI is InChI=1S/C11H13N3OS3/c1-16-9-7(12)8(10(13)15)18-11(9)14-5-6-3-2-4-17-6/h2-4,14H,5,12H2,1H3,(H2,13,15). The van der Waals surface area contributed by atoms with Crippen molar-refractivity contribution in [2.75, 3.05) is 17.3 Å². The molecule has 2 aromatic rings. The van der Waals surface area contributed by atoms with E-state index in [1.807, 2.05) is 17.7 Å². The normalized spacial score (nSPS) is 10.5. The van der Waals surface area contributed by atoms with E-state index in [0.29, 0.717) is 10.6 Å². The van der Waals surface area contributed by atoms with Gasteiger partial charge in [-0.25, -0.2) is 0 Å². The second-order valence-electron chi connectivity index (χ2n) is 3.50. The fraction of sp³-hybridized carbons (Fsp3) is 0.182. The van der Waals surface area contributed by atoms with Crippen LogP contribution in [-0.4, -0.2) is 12.2 Å². The predicted molar refractivity (Wildman–Crippen MR) is 80.7 cm³/mol. The molecule has 0 aliphatic carbocycles. The molecule has 0 aromatic carbocycles. The third-order valence-corrected chi connectivity index (χ3v) is 5.35. The first-order valence-corrected chi connectivity index (χ1v) is 8.08. The highest BCUT2D eigenvalue weighted by Gasteiger charge is 2.18. The molecule has 0 bridgehead atoms. The Morgan fingerprint density at radius 3 is 2.89 bits per heavy atom. The Hall–Kier alpha value is -1.18. The number of carbonyl (C=O) groups excluding carboxylic acids is 1. The molecule has 0 aliphatic heterocycles. The van der Waals surface area contributed by atoms with Crippen LogP contribution in [0.1, 0.15) is 14.5 Å². The smallest absolute Gasteiger partial charge is 0.261 e. The molecule has 4 nitrogen and oxygen atoms in total. The zero-order chi connectivity index (χ0) is 13.1. The molecule has 0 fully saturated rings. The van der Waals surface area contributed by atoms with Gasteiger partial charge in [0.25, 0.3) is 5.91 Å². The van der Waals surface area contributed by atoms with Crippen molar-refractivity contribution in [2.45, 2.75) is 11.4 Å². The number of nitrogens with two attached hydrogens (primary N) is 2.